The van der Waals surface area contributed by atoms with Crippen molar-refractivity contribution in [3.05, 3.63) is 0 Å². The standard InChI is InChI=1S/C12H22N2O/c1-10-9-14(7-6-13-10)12(15)8-11-4-2-3-5-11/h10-11,13H,2-9H2,1H3. The minimum Gasteiger partial charge on any atom is -0.340 e. The highest BCUT2D eigenvalue weighted by Crippen LogP contribution is 2.28. The van der Waals surface area contributed by atoms with Crippen molar-refractivity contribution in [1.82, 2.24) is 10.2 Å². The third-order valence-corrected chi connectivity index (χ3v) is 3.66. The molecule has 1 heterocycles. The Morgan fingerprint density at radius 3 is 2.80 bits per heavy atom. The molecule has 3 heteroatoms. The largest absolute Gasteiger partial charge is 0.340 e. The first-order chi connectivity index (χ1) is 7.25. The molecule has 15 heavy (non-hydrogen) atoms. The first-order valence-electron chi connectivity index (χ1n) is 6.27. The highest BCUT2D eigenvalue weighted by molar-refractivity contribution is 5.76. The lowest BCUT2D eigenvalue weighted by Crippen LogP contribution is -2.51. The van der Waals surface area contributed by atoms with Crippen LogP contribution in [0.4, 0.5) is 0 Å². The first-order valence-corrected chi connectivity index (χ1v) is 6.27. The van der Waals surface area contributed by atoms with Gasteiger partial charge < -0.3 is 10.2 Å². The molecule has 1 aliphatic heterocycles. The van der Waals surface area contributed by atoms with E-state index in [0.717, 1.165) is 26.1 Å². The molecule has 2 fully saturated rings. The second-order valence-electron chi connectivity index (χ2n) is 5.05. The third kappa shape index (κ3) is 2.94. The van der Waals surface area contributed by atoms with E-state index in [1.165, 1.54) is 25.7 Å². The van der Waals surface area contributed by atoms with Gasteiger partial charge in [0.05, 0.1) is 0 Å². The summed E-state index contributed by atoms with van der Waals surface area (Å²) in [5, 5.41) is 3.37. The molecule has 1 saturated carbocycles. The number of hydrogen-bond donors (Lipinski definition) is 1. The van der Waals surface area contributed by atoms with Crippen molar-refractivity contribution in [2.45, 2.75) is 45.1 Å². The van der Waals surface area contributed by atoms with Crippen LogP contribution >= 0.6 is 0 Å². The fourth-order valence-corrected chi connectivity index (χ4v) is 2.75. The molecule has 2 aliphatic rings. The molecular weight excluding hydrogens is 188 g/mol. The van der Waals surface area contributed by atoms with Crippen molar-refractivity contribution in [2.24, 2.45) is 5.92 Å². The summed E-state index contributed by atoms with van der Waals surface area (Å²) >= 11 is 0. The minimum atomic E-state index is 0.384. The van der Waals surface area contributed by atoms with Gasteiger partial charge in [0, 0.05) is 32.1 Å². The highest BCUT2D eigenvalue weighted by Gasteiger charge is 2.24. The van der Waals surface area contributed by atoms with Crippen LogP contribution in [0.25, 0.3) is 0 Å². The number of carbonyl (C=O) groups excluding carboxylic acids is 1. The smallest absolute Gasteiger partial charge is 0.222 e. The topological polar surface area (TPSA) is 32.3 Å². The zero-order valence-electron chi connectivity index (χ0n) is 9.67. The van der Waals surface area contributed by atoms with Gasteiger partial charge in [-0.2, -0.15) is 0 Å². The van der Waals surface area contributed by atoms with Gasteiger partial charge in [0.1, 0.15) is 0 Å². The monoisotopic (exact) mass is 210 g/mol. The number of rotatable bonds is 2. The molecule has 2 rings (SSSR count). The second kappa shape index (κ2) is 4.97. The highest BCUT2D eigenvalue weighted by atomic mass is 16.2. The van der Waals surface area contributed by atoms with Crippen LogP contribution < -0.4 is 5.32 Å². The zero-order valence-corrected chi connectivity index (χ0v) is 9.67. The van der Waals surface area contributed by atoms with Crippen LogP contribution in [0, 0.1) is 5.92 Å². The Kier molecular flexibility index (Phi) is 3.62. The van der Waals surface area contributed by atoms with Crippen LogP contribution in [0.1, 0.15) is 39.0 Å². The molecule has 1 saturated heterocycles. The van der Waals surface area contributed by atoms with E-state index in [0.29, 0.717) is 17.9 Å². The number of nitrogens with zero attached hydrogens (tertiary/aromatic N) is 1. The van der Waals surface area contributed by atoms with Gasteiger partial charge in [-0.25, -0.2) is 0 Å². The Morgan fingerprint density at radius 2 is 2.13 bits per heavy atom. The molecule has 1 N–H and O–H groups in total. The molecule has 3 nitrogen and oxygen atoms in total. The fourth-order valence-electron chi connectivity index (χ4n) is 2.75. The Balaban J connectivity index is 1.78. The molecule has 0 radical (unpaired) electrons. The van der Waals surface area contributed by atoms with Crippen molar-refractivity contribution in [1.29, 1.82) is 0 Å². The lowest BCUT2D eigenvalue weighted by molar-refractivity contribution is -0.133. The van der Waals surface area contributed by atoms with Gasteiger partial charge in [-0.3, -0.25) is 4.79 Å². The maximum absolute atomic E-state index is 12.0. The van der Waals surface area contributed by atoms with Gasteiger partial charge in [-0.15, -0.1) is 0 Å². The van der Waals surface area contributed by atoms with E-state index < -0.39 is 0 Å². The van der Waals surface area contributed by atoms with Gasteiger partial charge in [-0.05, 0) is 25.7 Å². The summed E-state index contributed by atoms with van der Waals surface area (Å²) < 4.78 is 0. The minimum absolute atomic E-state index is 0.384. The van der Waals surface area contributed by atoms with Gasteiger partial charge in [0.25, 0.3) is 0 Å². The summed E-state index contributed by atoms with van der Waals surface area (Å²) in [6.07, 6.45) is 6.00. The Hall–Kier alpha value is -0.570. The van der Waals surface area contributed by atoms with Crippen molar-refractivity contribution >= 4 is 5.91 Å². The van der Waals surface area contributed by atoms with E-state index in [1.807, 2.05) is 4.90 Å². The lowest BCUT2D eigenvalue weighted by atomic mass is 10.0. The van der Waals surface area contributed by atoms with Crippen LogP contribution in [0.3, 0.4) is 0 Å². The van der Waals surface area contributed by atoms with E-state index in [1.54, 1.807) is 0 Å². The molecule has 0 aromatic rings. The van der Waals surface area contributed by atoms with Crippen molar-refractivity contribution in [2.75, 3.05) is 19.6 Å². The average Bonchev–Trinajstić information content (AvgIpc) is 2.70. The molecule has 1 unspecified atom stereocenters. The van der Waals surface area contributed by atoms with E-state index >= 15 is 0 Å². The molecule has 1 atom stereocenters. The van der Waals surface area contributed by atoms with Crippen LogP contribution in [0.5, 0.6) is 0 Å². The van der Waals surface area contributed by atoms with Crippen molar-refractivity contribution < 1.29 is 4.79 Å². The Bertz CT molecular complexity index is 224. The second-order valence-corrected chi connectivity index (χ2v) is 5.05. The number of piperazine rings is 1. The van der Waals surface area contributed by atoms with Crippen LogP contribution in [-0.4, -0.2) is 36.5 Å². The summed E-state index contributed by atoms with van der Waals surface area (Å²) in [5.74, 6) is 1.07. The van der Waals surface area contributed by atoms with Crippen LogP contribution in [0.15, 0.2) is 0 Å². The SMILES string of the molecule is CC1CN(C(=O)CC2CCCC2)CCN1. The Morgan fingerprint density at radius 1 is 1.40 bits per heavy atom. The molecule has 1 aliphatic carbocycles. The predicted molar refractivity (Wildman–Crippen MR) is 60.6 cm³/mol. The van der Waals surface area contributed by atoms with E-state index in [4.69, 9.17) is 0 Å². The van der Waals surface area contributed by atoms with Crippen molar-refractivity contribution in [3.63, 3.8) is 0 Å². The molecular formula is C12H22N2O. The summed E-state index contributed by atoms with van der Waals surface area (Å²) in [7, 11) is 0. The molecule has 0 aromatic carbocycles. The van der Waals surface area contributed by atoms with Crippen LogP contribution in [0.2, 0.25) is 0 Å². The molecule has 0 bridgehead atoms. The Labute approximate surface area is 92.2 Å². The average molecular weight is 210 g/mol. The summed E-state index contributed by atoms with van der Waals surface area (Å²) in [6, 6.07) is 0.464. The van der Waals surface area contributed by atoms with E-state index in [-0.39, 0.29) is 0 Å². The van der Waals surface area contributed by atoms with Gasteiger partial charge in [-0.1, -0.05) is 12.8 Å². The number of amides is 1. The fraction of sp³-hybridized carbons (Fsp3) is 0.917. The maximum Gasteiger partial charge on any atom is 0.222 e. The first kappa shape index (κ1) is 10.9. The molecule has 0 spiro atoms. The molecule has 0 aromatic heterocycles. The molecule has 1 amide bonds. The van der Waals surface area contributed by atoms with Crippen LogP contribution in [-0.2, 0) is 4.79 Å². The zero-order chi connectivity index (χ0) is 10.7. The summed E-state index contributed by atoms with van der Waals surface area (Å²) in [4.78, 5) is 14.0. The van der Waals surface area contributed by atoms with Gasteiger partial charge in [0.2, 0.25) is 5.91 Å². The normalized spacial score (nSPS) is 28.3. The number of carbonyl (C=O) groups is 1. The van der Waals surface area contributed by atoms with E-state index in [9.17, 15) is 4.79 Å². The molecule has 86 valence electrons. The maximum atomic E-state index is 12.0. The van der Waals surface area contributed by atoms with Gasteiger partial charge >= 0.3 is 0 Å². The predicted octanol–water partition coefficient (Wildman–Crippen LogP) is 1.39. The van der Waals surface area contributed by atoms with E-state index in [2.05, 4.69) is 12.2 Å². The number of nitrogens with one attached hydrogen (secondary N) is 1. The lowest BCUT2D eigenvalue weighted by Gasteiger charge is -2.32. The number of hydrogen-bond acceptors (Lipinski definition) is 2. The van der Waals surface area contributed by atoms with Crippen molar-refractivity contribution in [3.8, 4) is 0 Å². The third-order valence-electron chi connectivity index (χ3n) is 3.66. The summed E-state index contributed by atoms with van der Waals surface area (Å²) in [6.45, 7) is 4.90. The van der Waals surface area contributed by atoms with Gasteiger partial charge in [0.15, 0.2) is 0 Å². The quantitative estimate of drug-likeness (QED) is 0.747. The summed E-state index contributed by atoms with van der Waals surface area (Å²) in [5.41, 5.74) is 0.